The second-order valence-corrected chi connectivity index (χ2v) is 10.8. The first-order valence-corrected chi connectivity index (χ1v) is 13.7. The first kappa shape index (κ1) is 27.8. The van der Waals surface area contributed by atoms with Gasteiger partial charge in [-0.1, -0.05) is 24.3 Å². The molecule has 42 heavy (non-hydrogen) atoms. The summed E-state index contributed by atoms with van der Waals surface area (Å²) >= 11 is 0. The number of methoxy groups -OCH3 is 1. The Hall–Kier alpha value is -4.38. The number of hydrogen-bond acceptors (Lipinski definition) is 6. The molecule has 2 N–H and O–H groups in total. The summed E-state index contributed by atoms with van der Waals surface area (Å²) in [5.41, 5.74) is 7.06. The van der Waals surface area contributed by atoms with Gasteiger partial charge in [0, 0.05) is 61.5 Å². The molecule has 1 saturated carbocycles. The quantitative estimate of drug-likeness (QED) is 0.339. The minimum Gasteiger partial charge on any atom is -0.497 e. The molecule has 2 aliphatic heterocycles. The molecule has 1 spiro atoms. The number of carbonyl (C=O) groups is 2. The van der Waals surface area contributed by atoms with Crippen molar-refractivity contribution < 1.29 is 27.5 Å². The van der Waals surface area contributed by atoms with E-state index >= 15 is 0 Å². The molecule has 3 aliphatic rings. The number of halogens is 3. The maximum atomic E-state index is 13.4. The van der Waals surface area contributed by atoms with Gasteiger partial charge in [-0.15, -0.1) is 0 Å². The Balaban J connectivity index is 0.000000479. The van der Waals surface area contributed by atoms with Crippen LogP contribution in [0.4, 0.5) is 24.5 Å². The molecule has 11 heteroatoms. The van der Waals surface area contributed by atoms with Crippen molar-refractivity contribution in [2.24, 2.45) is 0 Å². The largest absolute Gasteiger partial charge is 0.497 e. The third-order valence-corrected chi connectivity index (χ3v) is 8.44. The highest BCUT2D eigenvalue weighted by molar-refractivity contribution is 6.11. The minimum absolute atomic E-state index is 0.148. The van der Waals surface area contributed by atoms with Crippen molar-refractivity contribution >= 4 is 34.5 Å². The molecule has 1 saturated heterocycles. The second-order valence-electron chi connectivity index (χ2n) is 10.8. The van der Waals surface area contributed by atoms with Crippen molar-refractivity contribution in [3.63, 3.8) is 0 Å². The number of hydrogen-bond donors (Lipinski definition) is 2. The van der Waals surface area contributed by atoms with Crippen LogP contribution in [-0.2, 0) is 15.0 Å². The highest BCUT2D eigenvalue weighted by Crippen LogP contribution is 2.66. The molecule has 0 radical (unpaired) electrons. The number of ether oxygens (including phenoxy) is 1. The van der Waals surface area contributed by atoms with Crippen LogP contribution in [0.5, 0.6) is 5.75 Å². The molecule has 0 bridgehead atoms. The number of fused-ring (bicyclic) bond motifs is 3. The zero-order valence-electron chi connectivity index (χ0n) is 23.2. The topological polar surface area (TPSA) is 90.6 Å². The molecule has 2 fully saturated rings. The standard InChI is InChI=1S/C29H29N5O2.C2HF3O/c1-33-26-10-8-21(36-2)16-23(26)29(28(33)35)17-24(29)19-5-9-22-25(15-19)31-32-27(22)18-3-6-20(7-4-18)34-13-11-30-12-14-34;3-2(4,5)1-6/h3-10,15-16,24,30H,11-14,17H2,1-2H3,(H,31,32);1H/t24-,29-;/m0./s1. The number of amides is 1. The van der Waals surface area contributed by atoms with Gasteiger partial charge in [-0.25, -0.2) is 0 Å². The average molecular weight is 578 g/mol. The molecule has 0 unspecified atom stereocenters. The van der Waals surface area contributed by atoms with Crippen molar-refractivity contribution in [1.82, 2.24) is 15.5 Å². The van der Waals surface area contributed by atoms with Gasteiger partial charge in [0.25, 0.3) is 0 Å². The van der Waals surface area contributed by atoms with Crippen molar-refractivity contribution in [2.75, 3.05) is 50.1 Å². The summed E-state index contributed by atoms with van der Waals surface area (Å²) in [5, 5.41) is 12.4. The van der Waals surface area contributed by atoms with Gasteiger partial charge < -0.3 is 19.9 Å². The van der Waals surface area contributed by atoms with E-state index in [1.807, 2.05) is 25.2 Å². The predicted molar refractivity (Wildman–Crippen MR) is 154 cm³/mol. The van der Waals surface area contributed by atoms with Crippen molar-refractivity contribution in [3.05, 3.63) is 71.8 Å². The van der Waals surface area contributed by atoms with Crippen molar-refractivity contribution in [3.8, 4) is 17.0 Å². The van der Waals surface area contributed by atoms with E-state index in [0.717, 1.165) is 71.8 Å². The van der Waals surface area contributed by atoms with E-state index in [4.69, 9.17) is 9.53 Å². The molecule has 3 heterocycles. The Bertz CT molecular complexity index is 1650. The minimum atomic E-state index is -4.64. The molecule has 4 aromatic rings. The number of rotatable bonds is 4. The van der Waals surface area contributed by atoms with Gasteiger partial charge in [0.15, 0.2) is 0 Å². The van der Waals surface area contributed by atoms with Crippen LogP contribution in [-0.4, -0.2) is 68.9 Å². The number of aldehydes is 1. The molecule has 2 atom stereocenters. The summed E-state index contributed by atoms with van der Waals surface area (Å²) in [6.07, 6.45) is -4.89. The fourth-order valence-electron chi connectivity index (χ4n) is 6.24. The lowest BCUT2D eigenvalue weighted by atomic mass is 9.91. The number of benzene rings is 3. The normalized spacial score (nSPS) is 21.3. The number of nitrogens with one attached hydrogen (secondary N) is 2. The molecular formula is C31H30F3N5O3. The lowest BCUT2D eigenvalue weighted by molar-refractivity contribution is -0.156. The zero-order valence-corrected chi connectivity index (χ0v) is 23.2. The number of aromatic amines is 1. The van der Waals surface area contributed by atoms with Crippen LogP contribution < -0.4 is 19.9 Å². The van der Waals surface area contributed by atoms with Crippen molar-refractivity contribution in [2.45, 2.75) is 23.9 Å². The first-order valence-electron chi connectivity index (χ1n) is 13.7. The maximum absolute atomic E-state index is 13.4. The molecule has 1 amide bonds. The number of aromatic nitrogens is 2. The number of nitrogens with zero attached hydrogens (tertiary/aromatic N) is 3. The molecule has 1 aromatic heterocycles. The highest BCUT2D eigenvalue weighted by Gasteiger charge is 2.66. The zero-order chi connectivity index (χ0) is 29.6. The summed E-state index contributed by atoms with van der Waals surface area (Å²) in [5.74, 6) is 1.11. The van der Waals surface area contributed by atoms with Gasteiger partial charge in [-0.3, -0.25) is 14.7 Å². The average Bonchev–Trinajstić information content (AvgIpc) is 3.58. The number of H-pyrrole nitrogens is 1. The van der Waals surface area contributed by atoms with Crippen molar-refractivity contribution in [1.29, 1.82) is 0 Å². The van der Waals surface area contributed by atoms with Gasteiger partial charge in [0.05, 0.1) is 23.7 Å². The Morgan fingerprint density at radius 3 is 2.43 bits per heavy atom. The lowest BCUT2D eigenvalue weighted by Gasteiger charge is -2.29. The van der Waals surface area contributed by atoms with Crippen LogP contribution in [0.2, 0.25) is 0 Å². The van der Waals surface area contributed by atoms with Gasteiger partial charge in [0.2, 0.25) is 12.2 Å². The van der Waals surface area contributed by atoms with Gasteiger partial charge in [-0.05, 0) is 53.9 Å². The van der Waals surface area contributed by atoms with Crippen LogP contribution in [0.1, 0.15) is 23.5 Å². The fourth-order valence-corrected chi connectivity index (χ4v) is 6.24. The third kappa shape index (κ3) is 4.77. The number of anilines is 2. The summed E-state index contributed by atoms with van der Waals surface area (Å²) in [6, 6.07) is 21.1. The van der Waals surface area contributed by atoms with Gasteiger partial charge in [0.1, 0.15) is 5.75 Å². The van der Waals surface area contributed by atoms with Crippen LogP contribution >= 0.6 is 0 Å². The SMILES string of the molecule is COc1ccc2c(c1)[C@]1(C[C@H]1c1ccc3c(-c4ccc(N5CCNCC5)cc4)n[nH]c3c1)C(=O)N2C.O=CC(F)(F)F. The molecule has 3 aromatic carbocycles. The monoisotopic (exact) mass is 577 g/mol. The van der Waals surface area contributed by atoms with E-state index in [1.54, 1.807) is 12.0 Å². The van der Waals surface area contributed by atoms with Crippen LogP contribution in [0.15, 0.2) is 60.7 Å². The van der Waals surface area contributed by atoms with E-state index in [1.165, 1.54) is 11.3 Å². The highest BCUT2D eigenvalue weighted by atomic mass is 19.4. The summed E-state index contributed by atoms with van der Waals surface area (Å²) in [4.78, 5) is 26.3. The van der Waals surface area contributed by atoms with E-state index in [2.05, 4.69) is 62.9 Å². The maximum Gasteiger partial charge on any atom is 0.446 e. The smallest absolute Gasteiger partial charge is 0.446 e. The Kier molecular flexibility index (Phi) is 6.92. The predicted octanol–water partition coefficient (Wildman–Crippen LogP) is 4.80. The molecular weight excluding hydrogens is 547 g/mol. The molecule has 7 rings (SSSR count). The number of carbonyl (C=O) groups excluding carboxylic acids is 2. The van der Waals surface area contributed by atoms with Crippen LogP contribution in [0.3, 0.4) is 0 Å². The number of alkyl halides is 3. The van der Waals surface area contributed by atoms with E-state index < -0.39 is 17.9 Å². The van der Waals surface area contributed by atoms with Gasteiger partial charge >= 0.3 is 6.18 Å². The third-order valence-electron chi connectivity index (χ3n) is 8.44. The fraction of sp³-hybridized carbons (Fsp3) is 0.323. The summed E-state index contributed by atoms with van der Waals surface area (Å²) < 4.78 is 36.7. The van der Waals surface area contributed by atoms with E-state index in [-0.39, 0.29) is 11.8 Å². The Morgan fingerprint density at radius 2 is 1.76 bits per heavy atom. The number of piperazine rings is 1. The molecule has 1 aliphatic carbocycles. The Morgan fingerprint density at radius 1 is 1.05 bits per heavy atom. The van der Waals surface area contributed by atoms with Crippen LogP contribution in [0, 0.1) is 0 Å². The lowest BCUT2D eigenvalue weighted by Crippen LogP contribution is -2.43. The first-order chi connectivity index (χ1) is 20.2. The Labute approximate surface area is 240 Å². The van der Waals surface area contributed by atoms with Gasteiger partial charge in [-0.2, -0.15) is 18.3 Å². The summed E-state index contributed by atoms with van der Waals surface area (Å²) in [6.45, 7) is 4.12. The summed E-state index contributed by atoms with van der Waals surface area (Å²) in [7, 11) is 3.54. The van der Waals surface area contributed by atoms with E-state index in [9.17, 15) is 18.0 Å². The molecule has 8 nitrogen and oxygen atoms in total. The van der Waals surface area contributed by atoms with Crippen LogP contribution in [0.25, 0.3) is 22.2 Å². The molecule has 218 valence electrons. The van der Waals surface area contributed by atoms with E-state index in [0.29, 0.717) is 0 Å². The number of likely N-dealkylation sites (N-methyl/N-ethyl adjacent to an activating group) is 1. The second kappa shape index (κ2) is 10.5.